The van der Waals surface area contributed by atoms with E-state index in [0.29, 0.717) is 9.90 Å². The molecule has 104 valence electrons. The smallest absolute Gasteiger partial charge is 0.350 e. The average Bonchev–Trinajstić information content (AvgIpc) is 3.10. The van der Waals surface area contributed by atoms with Crippen LogP contribution in [-0.2, 0) is 4.74 Å². The van der Waals surface area contributed by atoms with Gasteiger partial charge in [0.15, 0.2) is 0 Å². The number of ether oxygens (including phenoxy) is 1. The topological polar surface area (TPSA) is 39.2 Å². The Bertz CT molecular complexity index is 623. The maximum atomic E-state index is 12.0. The molecule has 2 heterocycles. The van der Waals surface area contributed by atoms with Gasteiger partial charge in [-0.15, -0.1) is 11.3 Å². The summed E-state index contributed by atoms with van der Waals surface area (Å²) in [6, 6.07) is 7.47. The molecule has 0 spiro atoms. The molecule has 0 N–H and O–H groups in total. The standard InChI is InChI=1S/C14H12ClNO2S2/c15-11-4-2-1-3-10(11)13-16-7-12(20-13)14(17)18-9-5-6-19-8-9/h1-4,7,9H,5-6,8H2. The van der Waals surface area contributed by atoms with Crippen molar-refractivity contribution in [3.05, 3.63) is 40.4 Å². The first kappa shape index (κ1) is 13.9. The van der Waals surface area contributed by atoms with Crippen LogP contribution in [0.4, 0.5) is 0 Å². The van der Waals surface area contributed by atoms with E-state index >= 15 is 0 Å². The van der Waals surface area contributed by atoms with Crippen LogP contribution in [-0.4, -0.2) is 28.6 Å². The summed E-state index contributed by atoms with van der Waals surface area (Å²) in [4.78, 5) is 16.8. The van der Waals surface area contributed by atoms with Gasteiger partial charge in [-0.2, -0.15) is 11.8 Å². The number of carbonyl (C=O) groups excluding carboxylic acids is 1. The Morgan fingerprint density at radius 1 is 1.40 bits per heavy atom. The molecule has 1 aromatic heterocycles. The number of nitrogens with zero attached hydrogens (tertiary/aromatic N) is 1. The van der Waals surface area contributed by atoms with Gasteiger partial charge in [-0.25, -0.2) is 9.78 Å². The lowest BCUT2D eigenvalue weighted by Gasteiger charge is -2.08. The van der Waals surface area contributed by atoms with Gasteiger partial charge in [0.05, 0.1) is 11.2 Å². The predicted octanol–water partition coefficient (Wildman–Crippen LogP) is 4.13. The Morgan fingerprint density at radius 2 is 2.25 bits per heavy atom. The second-order valence-corrected chi connectivity index (χ2v) is 6.99. The first-order valence-corrected chi connectivity index (χ1v) is 8.58. The minimum Gasteiger partial charge on any atom is -0.457 e. The van der Waals surface area contributed by atoms with Crippen molar-refractivity contribution in [2.45, 2.75) is 12.5 Å². The summed E-state index contributed by atoms with van der Waals surface area (Å²) in [5.41, 5.74) is 0.842. The highest BCUT2D eigenvalue weighted by Crippen LogP contribution is 2.31. The number of benzene rings is 1. The van der Waals surface area contributed by atoms with Crippen LogP contribution in [0.3, 0.4) is 0 Å². The Labute approximate surface area is 130 Å². The first-order valence-electron chi connectivity index (χ1n) is 6.23. The zero-order valence-corrected chi connectivity index (χ0v) is 12.9. The Hall–Kier alpha value is -1.04. The van der Waals surface area contributed by atoms with Crippen molar-refractivity contribution < 1.29 is 9.53 Å². The van der Waals surface area contributed by atoms with Crippen LogP contribution < -0.4 is 0 Å². The van der Waals surface area contributed by atoms with Crippen molar-refractivity contribution in [2.75, 3.05) is 11.5 Å². The van der Waals surface area contributed by atoms with E-state index in [4.69, 9.17) is 16.3 Å². The molecule has 1 saturated heterocycles. The fraction of sp³-hybridized carbons (Fsp3) is 0.286. The number of thiazole rings is 1. The summed E-state index contributed by atoms with van der Waals surface area (Å²) in [5.74, 6) is 1.67. The van der Waals surface area contributed by atoms with Gasteiger partial charge in [0.2, 0.25) is 0 Å². The zero-order valence-electron chi connectivity index (χ0n) is 10.5. The van der Waals surface area contributed by atoms with Crippen LogP contribution in [0, 0.1) is 0 Å². The summed E-state index contributed by atoms with van der Waals surface area (Å²) in [5, 5.41) is 1.37. The van der Waals surface area contributed by atoms with E-state index < -0.39 is 0 Å². The molecule has 1 aliphatic heterocycles. The third-order valence-corrected chi connectivity index (χ3v) is 5.44. The summed E-state index contributed by atoms with van der Waals surface area (Å²) in [7, 11) is 0. The van der Waals surface area contributed by atoms with Crippen molar-refractivity contribution >= 4 is 40.7 Å². The summed E-state index contributed by atoms with van der Waals surface area (Å²) in [6.07, 6.45) is 2.54. The maximum absolute atomic E-state index is 12.0. The van der Waals surface area contributed by atoms with Crippen LogP contribution in [0.15, 0.2) is 30.5 Å². The summed E-state index contributed by atoms with van der Waals surface area (Å²) >= 11 is 9.26. The van der Waals surface area contributed by atoms with Crippen molar-refractivity contribution in [1.29, 1.82) is 0 Å². The number of carbonyl (C=O) groups is 1. The lowest BCUT2D eigenvalue weighted by molar-refractivity contribution is 0.0362. The molecule has 20 heavy (non-hydrogen) atoms. The predicted molar refractivity (Wildman–Crippen MR) is 83.7 cm³/mol. The molecule has 1 unspecified atom stereocenters. The van der Waals surface area contributed by atoms with Crippen molar-refractivity contribution in [3.63, 3.8) is 0 Å². The zero-order chi connectivity index (χ0) is 13.9. The first-order chi connectivity index (χ1) is 9.74. The van der Waals surface area contributed by atoms with Crippen LogP contribution in [0.1, 0.15) is 16.1 Å². The molecule has 1 fully saturated rings. The fourth-order valence-electron chi connectivity index (χ4n) is 1.94. The van der Waals surface area contributed by atoms with Gasteiger partial charge in [-0.3, -0.25) is 0 Å². The number of esters is 1. The summed E-state index contributed by atoms with van der Waals surface area (Å²) < 4.78 is 5.45. The van der Waals surface area contributed by atoms with E-state index in [1.54, 1.807) is 6.20 Å². The number of halogens is 1. The molecular weight excluding hydrogens is 314 g/mol. The van der Waals surface area contributed by atoms with E-state index in [2.05, 4.69) is 4.98 Å². The van der Waals surface area contributed by atoms with Gasteiger partial charge in [0.1, 0.15) is 16.0 Å². The molecule has 3 rings (SSSR count). The molecular formula is C14H12ClNO2S2. The van der Waals surface area contributed by atoms with E-state index in [1.165, 1.54) is 11.3 Å². The highest BCUT2D eigenvalue weighted by molar-refractivity contribution is 7.99. The minimum absolute atomic E-state index is 0.0402. The molecule has 6 heteroatoms. The normalized spacial score (nSPS) is 18.1. The second kappa shape index (κ2) is 6.16. The number of rotatable bonds is 3. The summed E-state index contributed by atoms with van der Waals surface area (Å²) in [6.45, 7) is 0. The highest BCUT2D eigenvalue weighted by Gasteiger charge is 2.22. The van der Waals surface area contributed by atoms with Gasteiger partial charge in [-0.1, -0.05) is 29.8 Å². The average molecular weight is 326 g/mol. The van der Waals surface area contributed by atoms with Gasteiger partial charge < -0.3 is 4.74 Å². The number of hydrogen-bond acceptors (Lipinski definition) is 5. The second-order valence-electron chi connectivity index (χ2n) is 4.40. The fourth-order valence-corrected chi connectivity index (χ4v) is 4.16. The van der Waals surface area contributed by atoms with E-state index in [9.17, 15) is 4.79 Å². The largest absolute Gasteiger partial charge is 0.457 e. The lowest BCUT2D eigenvalue weighted by atomic mass is 10.2. The van der Waals surface area contributed by atoms with E-state index in [1.807, 2.05) is 36.0 Å². The monoisotopic (exact) mass is 325 g/mol. The van der Waals surface area contributed by atoms with E-state index in [0.717, 1.165) is 28.5 Å². The molecule has 0 bridgehead atoms. The number of thioether (sulfide) groups is 1. The Balaban J connectivity index is 1.76. The molecule has 1 aromatic carbocycles. The third kappa shape index (κ3) is 3.00. The lowest BCUT2D eigenvalue weighted by Crippen LogP contribution is -2.16. The molecule has 3 nitrogen and oxygen atoms in total. The maximum Gasteiger partial charge on any atom is 0.350 e. The van der Waals surface area contributed by atoms with Crippen LogP contribution >= 0.6 is 34.7 Å². The molecule has 2 aromatic rings. The van der Waals surface area contributed by atoms with Crippen LogP contribution in [0.5, 0.6) is 0 Å². The Morgan fingerprint density at radius 3 is 3.00 bits per heavy atom. The van der Waals surface area contributed by atoms with E-state index in [-0.39, 0.29) is 12.1 Å². The molecule has 0 radical (unpaired) electrons. The van der Waals surface area contributed by atoms with Crippen molar-refractivity contribution in [3.8, 4) is 10.6 Å². The number of aromatic nitrogens is 1. The van der Waals surface area contributed by atoms with Gasteiger partial charge in [0, 0.05) is 11.3 Å². The molecule has 1 aliphatic rings. The number of hydrogen-bond donors (Lipinski definition) is 0. The van der Waals surface area contributed by atoms with Crippen molar-refractivity contribution in [1.82, 2.24) is 4.98 Å². The van der Waals surface area contributed by atoms with Crippen molar-refractivity contribution in [2.24, 2.45) is 0 Å². The SMILES string of the molecule is O=C(OC1CCSC1)c1cnc(-c2ccccc2Cl)s1. The van der Waals surface area contributed by atoms with Gasteiger partial charge in [0.25, 0.3) is 0 Å². The van der Waals surface area contributed by atoms with Crippen LogP contribution in [0.25, 0.3) is 10.6 Å². The van der Waals surface area contributed by atoms with Crippen LogP contribution in [0.2, 0.25) is 5.02 Å². The highest BCUT2D eigenvalue weighted by atomic mass is 35.5. The molecule has 0 amide bonds. The van der Waals surface area contributed by atoms with Gasteiger partial charge >= 0.3 is 5.97 Å². The third-order valence-electron chi connectivity index (χ3n) is 2.97. The molecule has 0 saturated carbocycles. The molecule has 1 atom stereocenters. The Kier molecular flexibility index (Phi) is 4.29. The minimum atomic E-state index is -0.284. The quantitative estimate of drug-likeness (QED) is 0.796. The molecule has 0 aliphatic carbocycles. The van der Waals surface area contributed by atoms with Gasteiger partial charge in [-0.05, 0) is 18.2 Å².